The molecule has 0 heterocycles. The van der Waals surface area contributed by atoms with Crippen LogP contribution in [0.1, 0.15) is 12.5 Å². The molecule has 1 aromatic carbocycles. The van der Waals surface area contributed by atoms with Crippen LogP contribution in [0, 0.1) is 0 Å². The Morgan fingerprint density at radius 2 is 2.19 bits per heavy atom. The summed E-state index contributed by atoms with van der Waals surface area (Å²) in [5.41, 5.74) is 2.96. The highest BCUT2D eigenvalue weighted by molar-refractivity contribution is 7.99. The first kappa shape index (κ1) is 13.2. The minimum absolute atomic E-state index is 0.264. The SMILES string of the molecule is CCSc1cc(OC)c(CCNO)cc1O. The Kier molecular flexibility index (Phi) is 5.45. The van der Waals surface area contributed by atoms with Crippen molar-refractivity contribution in [2.24, 2.45) is 0 Å². The van der Waals surface area contributed by atoms with Gasteiger partial charge in [0.2, 0.25) is 0 Å². The van der Waals surface area contributed by atoms with Gasteiger partial charge < -0.3 is 15.1 Å². The summed E-state index contributed by atoms with van der Waals surface area (Å²) >= 11 is 1.57. The smallest absolute Gasteiger partial charge is 0.129 e. The number of phenolic OH excluding ortho intramolecular Hbond substituents is 1. The first-order valence-corrected chi connectivity index (χ1v) is 6.11. The summed E-state index contributed by atoms with van der Waals surface area (Å²) in [6.45, 7) is 2.45. The fourth-order valence-corrected chi connectivity index (χ4v) is 2.15. The lowest BCUT2D eigenvalue weighted by molar-refractivity contribution is 0.168. The van der Waals surface area contributed by atoms with Crippen LogP contribution in [-0.4, -0.2) is 29.7 Å². The summed E-state index contributed by atoms with van der Waals surface area (Å²) in [5, 5.41) is 18.3. The van der Waals surface area contributed by atoms with Crippen molar-refractivity contribution in [3.05, 3.63) is 17.7 Å². The largest absolute Gasteiger partial charge is 0.507 e. The van der Waals surface area contributed by atoms with E-state index in [4.69, 9.17) is 9.94 Å². The van der Waals surface area contributed by atoms with Crippen molar-refractivity contribution in [1.82, 2.24) is 5.48 Å². The maximum absolute atomic E-state index is 9.78. The zero-order valence-electron chi connectivity index (χ0n) is 9.49. The van der Waals surface area contributed by atoms with E-state index in [2.05, 4.69) is 5.48 Å². The Bertz CT molecular complexity index is 344. The third-order valence-corrected chi connectivity index (χ3v) is 3.09. The van der Waals surface area contributed by atoms with E-state index in [9.17, 15) is 5.11 Å². The normalized spacial score (nSPS) is 10.4. The monoisotopic (exact) mass is 243 g/mol. The summed E-state index contributed by atoms with van der Waals surface area (Å²) in [6, 6.07) is 3.52. The molecule has 0 saturated carbocycles. The Balaban J connectivity index is 2.95. The molecule has 1 aromatic rings. The van der Waals surface area contributed by atoms with E-state index in [1.165, 1.54) is 0 Å². The molecule has 0 unspecified atom stereocenters. The molecular weight excluding hydrogens is 226 g/mol. The van der Waals surface area contributed by atoms with Crippen LogP contribution in [0.3, 0.4) is 0 Å². The lowest BCUT2D eigenvalue weighted by atomic mass is 10.1. The van der Waals surface area contributed by atoms with Gasteiger partial charge in [-0.1, -0.05) is 6.92 Å². The summed E-state index contributed by atoms with van der Waals surface area (Å²) in [7, 11) is 1.60. The fraction of sp³-hybridized carbons (Fsp3) is 0.455. The molecule has 0 fully saturated rings. The maximum atomic E-state index is 9.78. The predicted molar refractivity (Wildman–Crippen MR) is 64.6 cm³/mol. The van der Waals surface area contributed by atoms with Crippen LogP contribution in [0.4, 0.5) is 0 Å². The van der Waals surface area contributed by atoms with Gasteiger partial charge in [0, 0.05) is 6.54 Å². The van der Waals surface area contributed by atoms with Crippen LogP contribution < -0.4 is 10.2 Å². The van der Waals surface area contributed by atoms with Crippen molar-refractivity contribution >= 4 is 11.8 Å². The van der Waals surface area contributed by atoms with E-state index in [1.807, 2.05) is 13.0 Å². The molecule has 0 aromatic heterocycles. The number of benzene rings is 1. The minimum Gasteiger partial charge on any atom is -0.507 e. The molecule has 0 bridgehead atoms. The van der Waals surface area contributed by atoms with E-state index in [1.54, 1.807) is 24.9 Å². The quantitative estimate of drug-likeness (QED) is 0.527. The van der Waals surface area contributed by atoms with Gasteiger partial charge in [-0.15, -0.1) is 11.8 Å². The number of nitrogens with one attached hydrogen (secondary N) is 1. The zero-order valence-corrected chi connectivity index (χ0v) is 10.3. The summed E-state index contributed by atoms with van der Waals surface area (Å²) in [6.07, 6.45) is 0.601. The van der Waals surface area contributed by atoms with E-state index >= 15 is 0 Å². The number of aromatic hydroxyl groups is 1. The summed E-state index contributed by atoms with van der Waals surface area (Å²) < 4.78 is 5.25. The molecule has 0 aliphatic heterocycles. The van der Waals surface area contributed by atoms with Gasteiger partial charge in [-0.3, -0.25) is 0 Å². The van der Waals surface area contributed by atoms with Crippen LogP contribution in [0.2, 0.25) is 0 Å². The first-order valence-electron chi connectivity index (χ1n) is 5.12. The summed E-state index contributed by atoms with van der Waals surface area (Å²) in [4.78, 5) is 0.819. The van der Waals surface area contributed by atoms with Gasteiger partial charge in [0.15, 0.2) is 0 Å². The van der Waals surface area contributed by atoms with Crippen LogP contribution in [-0.2, 0) is 6.42 Å². The molecule has 90 valence electrons. The number of rotatable bonds is 6. The number of phenols is 1. The third kappa shape index (κ3) is 3.30. The van der Waals surface area contributed by atoms with E-state index in [0.29, 0.717) is 13.0 Å². The second kappa shape index (κ2) is 6.62. The maximum Gasteiger partial charge on any atom is 0.129 e. The molecule has 3 N–H and O–H groups in total. The second-order valence-electron chi connectivity index (χ2n) is 3.22. The fourth-order valence-electron chi connectivity index (χ4n) is 1.44. The topological polar surface area (TPSA) is 61.7 Å². The van der Waals surface area contributed by atoms with Crippen molar-refractivity contribution in [3.63, 3.8) is 0 Å². The van der Waals surface area contributed by atoms with Crippen LogP contribution in [0.25, 0.3) is 0 Å². The highest BCUT2D eigenvalue weighted by Crippen LogP contribution is 2.34. The third-order valence-electron chi connectivity index (χ3n) is 2.17. The van der Waals surface area contributed by atoms with Crippen molar-refractivity contribution in [2.75, 3.05) is 19.4 Å². The van der Waals surface area contributed by atoms with Crippen LogP contribution in [0.5, 0.6) is 11.5 Å². The predicted octanol–water partition coefficient (Wildman–Crippen LogP) is 2.03. The van der Waals surface area contributed by atoms with Gasteiger partial charge in [0.25, 0.3) is 0 Å². The van der Waals surface area contributed by atoms with Gasteiger partial charge in [0.05, 0.1) is 12.0 Å². The van der Waals surface area contributed by atoms with Gasteiger partial charge in [-0.2, -0.15) is 0 Å². The van der Waals surface area contributed by atoms with E-state index in [0.717, 1.165) is 22.0 Å². The molecule has 0 aliphatic rings. The highest BCUT2D eigenvalue weighted by atomic mass is 32.2. The Hall–Kier alpha value is -0.910. The Morgan fingerprint density at radius 1 is 1.44 bits per heavy atom. The second-order valence-corrected chi connectivity index (χ2v) is 4.53. The number of hydroxylamine groups is 1. The molecule has 0 saturated heterocycles. The number of hydrogen-bond donors (Lipinski definition) is 3. The molecule has 16 heavy (non-hydrogen) atoms. The number of thioether (sulfide) groups is 1. The van der Waals surface area contributed by atoms with Crippen LogP contribution >= 0.6 is 11.8 Å². The highest BCUT2D eigenvalue weighted by Gasteiger charge is 2.09. The van der Waals surface area contributed by atoms with E-state index in [-0.39, 0.29) is 5.75 Å². The van der Waals surface area contributed by atoms with Crippen LogP contribution in [0.15, 0.2) is 17.0 Å². The number of ether oxygens (including phenoxy) is 1. The van der Waals surface area contributed by atoms with Gasteiger partial charge in [-0.05, 0) is 29.9 Å². The molecule has 1 rings (SSSR count). The molecular formula is C11H17NO3S. The number of hydrogen-bond acceptors (Lipinski definition) is 5. The molecule has 4 nitrogen and oxygen atoms in total. The molecule has 0 amide bonds. The Labute approximate surface area is 99.6 Å². The molecule has 0 atom stereocenters. The zero-order chi connectivity index (χ0) is 12.0. The first-order chi connectivity index (χ1) is 7.72. The Morgan fingerprint density at radius 3 is 2.75 bits per heavy atom. The summed E-state index contributed by atoms with van der Waals surface area (Å²) in [5.74, 6) is 1.90. The van der Waals surface area contributed by atoms with E-state index < -0.39 is 0 Å². The average molecular weight is 243 g/mol. The van der Waals surface area contributed by atoms with Gasteiger partial charge in [0.1, 0.15) is 11.5 Å². The van der Waals surface area contributed by atoms with Crippen molar-refractivity contribution < 1.29 is 15.1 Å². The van der Waals surface area contributed by atoms with Crippen molar-refractivity contribution in [3.8, 4) is 11.5 Å². The molecule has 0 aliphatic carbocycles. The van der Waals surface area contributed by atoms with Crippen molar-refractivity contribution in [1.29, 1.82) is 0 Å². The van der Waals surface area contributed by atoms with Gasteiger partial charge in [-0.25, -0.2) is 5.48 Å². The number of methoxy groups -OCH3 is 1. The molecule has 0 radical (unpaired) electrons. The minimum atomic E-state index is 0.264. The van der Waals surface area contributed by atoms with Gasteiger partial charge >= 0.3 is 0 Å². The lowest BCUT2D eigenvalue weighted by Gasteiger charge is -2.11. The lowest BCUT2D eigenvalue weighted by Crippen LogP contribution is -2.11. The molecule has 0 spiro atoms. The van der Waals surface area contributed by atoms with Crippen molar-refractivity contribution in [2.45, 2.75) is 18.2 Å². The standard InChI is InChI=1S/C11H17NO3S/c1-3-16-11-7-10(15-2)8(4-5-12-14)6-9(11)13/h6-7,12-14H,3-5H2,1-2H3. The average Bonchev–Trinajstić information content (AvgIpc) is 2.29. The molecule has 5 heteroatoms.